The third kappa shape index (κ3) is 1.71. The van der Waals surface area contributed by atoms with E-state index in [0.717, 1.165) is 18.5 Å². The van der Waals surface area contributed by atoms with E-state index in [1.54, 1.807) is 0 Å². The Morgan fingerprint density at radius 2 is 2.00 bits per heavy atom. The van der Waals surface area contributed by atoms with Crippen LogP contribution in [0.25, 0.3) is 0 Å². The van der Waals surface area contributed by atoms with Crippen molar-refractivity contribution in [3.63, 3.8) is 0 Å². The first-order valence-electron chi connectivity index (χ1n) is 4.63. The third-order valence-corrected chi connectivity index (χ3v) is 4.20. The Balaban J connectivity index is 1.76. The summed E-state index contributed by atoms with van der Waals surface area (Å²) in [4.78, 5) is 0. The molecule has 2 fully saturated rings. The lowest BCUT2D eigenvalue weighted by Gasteiger charge is -2.27. The van der Waals surface area contributed by atoms with E-state index in [-0.39, 0.29) is 0 Å². The zero-order valence-electron chi connectivity index (χ0n) is 7.21. The van der Waals surface area contributed by atoms with Gasteiger partial charge in [0.2, 0.25) is 0 Å². The van der Waals surface area contributed by atoms with E-state index < -0.39 is 11.0 Å². The van der Waals surface area contributed by atoms with Gasteiger partial charge < -0.3 is 4.72 Å². The van der Waals surface area contributed by atoms with Crippen LogP contribution in [0.1, 0.15) is 32.1 Å². The molecule has 68 valence electrons. The number of nitrogens with one attached hydrogen (secondary N) is 1. The van der Waals surface area contributed by atoms with Crippen molar-refractivity contribution in [2.75, 3.05) is 0 Å². The van der Waals surface area contributed by atoms with Crippen molar-refractivity contribution in [3.8, 4) is 0 Å². The fourth-order valence-electron chi connectivity index (χ4n) is 1.33. The largest absolute Gasteiger partial charge is 0.309 e. The fourth-order valence-corrected chi connectivity index (χ4v) is 2.49. The van der Waals surface area contributed by atoms with Gasteiger partial charge in [0.05, 0.1) is 5.25 Å². The Hall–Kier alpha value is -0.310. The topological polar surface area (TPSA) is 29.1 Å². The molecule has 0 aromatic heterocycles. The number of hydrogen-bond donors (Lipinski definition) is 1. The molecule has 0 saturated heterocycles. The number of rotatable bonds is 4. The maximum atomic E-state index is 11.4. The summed E-state index contributed by atoms with van der Waals surface area (Å²) in [6.07, 6.45) is 6.01. The highest BCUT2D eigenvalue weighted by molar-refractivity contribution is 7.84. The summed E-state index contributed by atoms with van der Waals surface area (Å²) in [5, 5.41) is 0.418. The maximum Gasteiger partial charge on any atom is 0.120 e. The monoisotopic (exact) mass is 185 g/mol. The van der Waals surface area contributed by atoms with E-state index in [0.29, 0.717) is 11.2 Å². The van der Waals surface area contributed by atoms with Crippen LogP contribution in [0.5, 0.6) is 0 Å². The van der Waals surface area contributed by atoms with E-state index in [4.69, 9.17) is 0 Å². The van der Waals surface area contributed by atoms with Gasteiger partial charge >= 0.3 is 0 Å². The van der Waals surface area contributed by atoms with Crippen LogP contribution >= 0.6 is 0 Å². The summed E-state index contributed by atoms with van der Waals surface area (Å²) >= 11 is 0. The van der Waals surface area contributed by atoms with E-state index in [1.807, 2.05) is 0 Å². The van der Waals surface area contributed by atoms with Crippen LogP contribution in [0.4, 0.5) is 0 Å². The summed E-state index contributed by atoms with van der Waals surface area (Å²) in [5.74, 6) is 0.604. The van der Waals surface area contributed by atoms with Crippen LogP contribution in [-0.4, -0.2) is 9.46 Å². The van der Waals surface area contributed by atoms with Crippen molar-refractivity contribution >= 4 is 11.0 Å². The second-order valence-corrected chi connectivity index (χ2v) is 5.22. The maximum absolute atomic E-state index is 11.4. The summed E-state index contributed by atoms with van der Waals surface area (Å²) < 4.78 is 14.4. The molecule has 0 aromatic carbocycles. The van der Waals surface area contributed by atoms with Crippen molar-refractivity contribution in [3.05, 3.63) is 12.3 Å². The lowest BCUT2D eigenvalue weighted by Crippen LogP contribution is -2.27. The van der Waals surface area contributed by atoms with Gasteiger partial charge in [-0.25, -0.2) is 4.21 Å². The summed E-state index contributed by atoms with van der Waals surface area (Å²) in [5.41, 5.74) is 1.01. The highest BCUT2D eigenvalue weighted by Crippen LogP contribution is 2.32. The van der Waals surface area contributed by atoms with Crippen LogP contribution in [0.3, 0.4) is 0 Å². The molecule has 12 heavy (non-hydrogen) atoms. The van der Waals surface area contributed by atoms with Gasteiger partial charge in [-0.15, -0.1) is 0 Å². The minimum atomic E-state index is -0.829. The van der Waals surface area contributed by atoms with E-state index in [2.05, 4.69) is 11.3 Å². The van der Waals surface area contributed by atoms with Gasteiger partial charge in [-0.2, -0.15) is 0 Å². The normalized spacial score (nSPS) is 26.0. The number of allylic oxidation sites excluding steroid dienone is 1. The van der Waals surface area contributed by atoms with Crippen molar-refractivity contribution in [1.29, 1.82) is 0 Å². The Labute approximate surface area is 76.0 Å². The molecule has 1 atom stereocenters. The zero-order valence-corrected chi connectivity index (χ0v) is 8.03. The van der Waals surface area contributed by atoms with E-state index in [9.17, 15) is 4.21 Å². The Bertz CT molecular complexity index is 219. The van der Waals surface area contributed by atoms with E-state index >= 15 is 0 Å². The molecule has 1 unspecified atom stereocenters. The highest BCUT2D eigenvalue weighted by atomic mass is 32.2. The lowest BCUT2D eigenvalue weighted by atomic mass is 9.84. The fraction of sp³-hybridized carbons (Fsp3) is 0.778. The first-order valence-corrected chi connectivity index (χ1v) is 5.84. The molecular weight excluding hydrogens is 170 g/mol. The van der Waals surface area contributed by atoms with Gasteiger partial charge in [0, 0.05) is 5.70 Å². The SMILES string of the molecule is C=C(NS(=O)C1CC1)C1CCC1. The molecule has 2 saturated carbocycles. The van der Waals surface area contributed by atoms with Gasteiger partial charge in [-0.1, -0.05) is 13.0 Å². The van der Waals surface area contributed by atoms with E-state index in [1.165, 1.54) is 19.3 Å². The number of hydrogen-bond acceptors (Lipinski definition) is 1. The molecule has 2 rings (SSSR count). The smallest absolute Gasteiger partial charge is 0.120 e. The van der Waals surface area contributed by atoms with Crippen molar-refractivity contribution < 1.29 is 4.21 Å². The van der Waals surface area contributed by atoms with Gasteiger partial charge in [0.1, 0.15) is 11.0 Å². The molecule has 3 heteroatoms. The second-order valence-electron chi connectivity index (χ2n) is 3.75. The van der Waals surface area contributed by atoms with Crippen LogP contribution in [-0.2, 0) is 11.0 Å². The molecule has 2 aliphatic rings. The molecular formula is C9H15NOS. The molecule has 0 spiro atoms. The first kappa shape index (κ1) is 8.30. The quantitative estimate of drug-likeness (QED) is 0.710. The standard InChI is InChI=1S/C9H15NOS/c1-7(8-3-2-4-8)10-12(11)9-5-6-9/h8-10H,1-6H2. The highest BCUT2D eigenvalue weighted by Gasteiger charge is 2.30. The molecule has 0 aliphatic heterocycles. The average Bonchev–Trinajstić information content (AvgIpc) is 2.61. The first-order chi connectivity index (χ1) is 5.77. The molecule has 2 nitrogen and oxygen atoms in total. The molecule has 0 radical (unpaired) electrons. The predicted molar refractivity (Wildman–Crippen MR) is 50.8 cm³/mol. The Morgan fingerprint density at radius 1 is 1.33 bits per heavy atom. The van der Waals surface area contributed by atoms with Crippen molar-refractivity contribution in [2.45, 2.75) is 37.4 Å². The van der Waals surface area contributed by atoms with Gasteiger partial charge in [-0.05, 0) is 31.6 Å². The molecule has 0 aromatic rings. The minimum absolute atomic E-state index is 0.418. The third-order valence-electron chi connectivity index (χ3n) is 2.66. The minimum Gasteiger partial charge on any atom is -0.309 e. The molecule has 2 aliphatic carbocycles. The van der Waals surface area contributed by atoms with Crippen molar-refractivity contribution in [2.24, 2.45) is 5.92 Å². The Kier molecular flexibility index (Phi) is 2.22. The van der Waals surface area contributed by atoms with Crippen LogP contribution in [0.15, 0.2) is 12.3 Å². The molecule has 1 N–H and O–H groups in total. The molecule has 0 amide bonds. The Morgan fingerprint density at radius 3 is 2.42 bits per heavy atom. The van der Waals surface area contributed by atoms with Crippen LogP contribution in [0.2, 0.25) is 0 Å². The average molecular weight is 185 g/mol. The van der Waals surface area contributed by atoms with Gasteiger partial charge in [-0.3, -0.25) is 0 Å². The van der Waals surface area contributed by atoms with Crippen LogP contribution < -0.4 is 4.72 Å². The van der Waals surface area contributed by atoms with Gasteiger partial charge in [0.25, 0.3) is 0 Å². The molecule has 0 bridgehead atoms. The summed E-state index contributed by atoms with van der Waals surface area (Å²) in [6, 6.07) is 0. The summed E-state index contributed by atoms with van der Waals surface area (Å²) in [6.45, 7) is 3.92. The molecule has 0 heterocycles. The lowest BCUT2D eigenvalue weighted by molar-refractivity contribution is 0.361. The van der Waals surface area contributed by atoms with Gasteiger partial charge in [0.15, 0.2) is 0 Å². The van der Waals surface area contributed by atoms with Crippen molar-refractivity contribution in [1.82, 2.24) is 4.72 Å². The zero-order chi connectivity index (χ0) is 8.55. The predicted octanol–water partition coefficient (Wildman–Crippen LogP) is 1.72. The second kappa shape index (κ2) is 3.21. The summed E-state index contributed by atoms with van der Waals surface area (Å²) in [7, 11) is -0.829. The van der Waals surface area contributed by atoms with Crippen LogP contribution in [0, 0.1) is 5.92 Å².